The van der Waals surface area contributed by atoms with Crippen molar-refractivity contribution in [3.05, 3.63) is 58.6 Å². The van der Waals surface area contributed by atoms with Gasteiger partial charge in [-0.15, -0.1) is 11.3 Å². The van der Waals surface area contributed by atoms with Gasteiger partial charge >= 0.3 is 0 Å². The minimum absolute atomic E-state index is 0.125. The summed E-state index contributed by atoms with van der Waals surface area (Å²) >= 11 is 10.5. The van der Waals surface area contributed by atoms with Gasteiger partial charge in [-0.1, -0.05) is 30.3 Å². The van der Waals surface area contributed by atoms with Crippen LogP contribution < -0.4 is 5.56 Å². The maximum atomic E-state index is 12.2. The van der Waals surface area contributed by atoms with Crippen LogP contribution >= 0.6 is 65.8 Å². The van der Waals surface area contributed by atoms with E-state index in [1.54, 1.807) is 0 Å². The average molecular weight is 538 g/mol. The van der Waals surface area contributed by atoms with Gasteiger partial charge in [0.2, 0.25) is 0 Å². The molecule has 0 bridgehead atoms. The number of rotatable bonds is 2. The Morgan fingerprint density at radius 1 is 1.19 bits per heavy atom. The van der Waals surface area contributed by atoms with Crippen molar-refractivity contribution in [2.75, 3.05) is 0 Å². The Hall–Kier alpha value is -0.510. The topological polar surface area (TPSA) is 45.8 Å². The highest BCUT2D eigenvalue weighted by atomic mass is 127. The van der Waals surface area contributed by atoms with Crippen molar-refractivity contribution in [2.45, 2.75) is 0 Å². The second-order valence-corrected chi connectivity index (χ2v) is 8.48. The second-order valence-electron chi connectivity index (χ2n) is 4.18. The van der Waals surface area contributed by atoms with Gasteiger partial charge in [-0.25, -0.2) is 4.98 Å². The summed E-state index contributed by atoms with van der Waals surface area (Å²) in [5, 5.41) is 0. The largest absolute Gasteiger partial charge is 0.305 e. The number of H-pyrrole nitrogens is 1. The molecule has 3 rings (SSSR count). The van der Waals surface area contributed by atoms with Crippen LogP contribution in [0.1, 0.15) is 0 Å². The molecule has 0 saturated heterocycles. The molecule has 1 N–H and O–H groups in total. The van der Waals surface area contributed by atoms with Crippen LogP contribution in [0, 0.1) is 3.57 Å². The molecule has 0 fully saturated rings. The van der Waals surface area contributed by atoms with Gasteiger partial charge in [0.1, 0.15) is 3.57 Å². The first-order valence-corrected chi connectivity index (χ1v) is 9.35. The second kappa shape index (κ2) is 6.31. The van der Waals surface area contributed by atoms with Gasteiger partial charge in [0.25, 0.3) is 5.56 Å². The zero-order valence-corrected chi connectivity index (χ0v) is 16.5. The van der Waals surface area contributed by atoms with Gasteiger partial charge in [-0.2, -0.15) is 0 Å². The number of halogens is 3. The molecule has 0 aliphatic heterocycles. The molecule has 0 aliphatic rings. The van der Waals surface area contributed by atoms with E-state index in [0.717, 1.165) is 18.7 Å². The number of nitrogens with one attached hydrogen (secondary N) is 1. The minimum atomic E-state index is -0.125. The number of nitrogens with zero attached hydrogens (tertiary/aromatic N) is 1. The molecule has 21 heavy (non-hydrogen) atoms. The van der Waals surface area contributed by atoms with E-state index in [4.69, 9.17) is 0 Å². The number of thiophene rings is 1. The first kappa shape index (κ1) is 15.4. The van der Waals surface area contributed by atoms with Gasteiger partial charge in [0.15, 0.2) is 5.82 Å². The van der Waals surface area contributed by atoms with Crippen molar-refractivity contribution in [1.29, 1.82) is 0 Å². The molecule has 106 valence electrons. The Morgan fingerprint density at radius 3 is 2.52 bits per heavy atom. The van der Waals surface area contributed by atoms with Crippen molar-refractivity contribution >= 4 is 65.8 Å². The fourth-order valence-electron chi connectivity index (χ4n) is 1.83. The van der Waals surface area contributed by atoms with Crippen molar-refractivity contribution < 1.29 is 0 Å². The van der Waals surface area contributed by atoms with Gasteiger partial charge in [-0.05, 0) is 60.5 Å². The Balaban J connectivity index is 2.21. The third kappa shape index (κ3) is 3.15. The lowest BCUT2D eigenvalue weighted by molar-refractivity contribution is 1.12. The highest BCUT2D eigenvalue weighted by Gasteiger charge is 2.14. The van der Waals surface area contributed by atoms with E-state index >= 15 is 0 Å². The summed E-state index contributed by atoms with van der Waals surface area (Å²) in [5.74, 6) is 0.579. The van der Waals surface area contributed by atoms with Crippen LogP contribution in [0.15, 0.2) is 49.5 Å². The third-order valence-electron chi connectivity index (χ3n) is 2.79. The van der Waals surface area contributed by atoms with Crippen LogP contribution in [-0.2, 0) is 0 Å². The number of aromatic nitrogens is 2. The van der Waals surface area contributed by atoms with Crippen LogP contribution in [0.4, 0.5) is 0 Å². The smallest absolute Gasteiger partial charge is 0.265 e. The summed E-state index contributed by atoms with van der Waals surface area (Å²) in [4.78, 5) is 20.6. The SMILES string of the molecule is O=c1[nH]c(-c2cc(Br)c(Br)s2)nc(-c2ccccc2)c1I. The molecule has 3 nitrogen and oxygen atoms in total. The van der Waals surface area contributed by atoms with Crippen LogP contribution in [0.3, 0.4) is 0 Å². The molecular weight excluding hydrogens is 531 g/mol. The van der Waals surface area contributed by atoms with Crippen LogP contribution in [-0.4, -0.2) is 9.97 Å². The molecule has 0 aliphatic carbocycles. The molecule has 0 amide bonds. The molecule has 0 spiro atoms. The van der Waals surface area contributed by atoms with Gasteiger partial charge in [0.05, 0.1) is 14.4 Å². The predicted octanol–water partition coefficient (Wildman–Crippen LogP) is 5.30. The van der Waals surface area contributed by atoms with Crippen molar-refractivity contribution in [1.82, 2.24) is 9.97 Å². The lowest BCUT2D eigenvalue weighted by Gasteiger charge is -2.05. The third-order valence-corrected chi connectivity index (χ3v) is 7.05. The normalized spacial score (nSPS) is 10.8. The average Bonchev–Trinajstić information content (AvgIpc) is 2.82. The number of benzene rings is 1. The lowest BCUT2D eigenvalue weighted by atomic mass is 10.1. The molecule has 2 heterocycles. The van der Waals surface area contributed by atoms with E-state index in [1.807, 2.05) is 59.0 Å². The van der Waals surface area contributed by atoms with E-state index in [0.29, 0.717) is 15.1 Å². The molecule has 2 aromatic heterocycles. The Kier molecular flexibility index (Phi) is 4.63. The summed E-state index contributed by atoms with van der Waals surface area (Å²) < 4.78 is 2.52. The molecular formula is C14H7Br2IN2OS. The summed E-state index contributed by atoms with van der Waals surface area (Å²) in [6.07, 6.45) is 0. The van der Waals surface area contributed by atoms with Gasteiger partial charge in [0, 0.05) is 10.0 Å². The van der Waals surface area contributed by atoms with E-state index < -0.39 is 0 Å². The maximum absolute atomic E-state index is 12.2. The standard InChI is InChI=1S/C14H7Br2IN2OS/c15-8-6-9(21-12(8)16)13-18-11(10(17)14(20)19-13)7-4-2-1-3-5-7/h1-6H,(H,18,19,20). The number of hydrogen-bond acceptors (Lipinski definition) is 3. The van der Waals surface area contributed by atoms with Crippen LogP contribution in [0.25, 0.3) is 22.0 Å². The molecule has 0 radical (unpaired) electrons. The van der Waals surface area contributed by atoms with Crippen molar-refractivity contribution in [3.8, 4) is 22.0 Å². The highest BCUT2D eigenvalue weighted by molar-refractivity contribution is 14.1. The Labute approximate surface area is 155 Å². The van der Waals surface area contributed by atoms with Gasteiger partial charge in [-0.3, -0.25) is 4.79 Å². The Bertz CT molecular complexity index is 842. The molecule has 0 atom stereocenters. The number of aromatic amines is 1. The Morgan fingerprint density at radius 2 is 1.90 bits per heavy atom. The van der Waals surface area contributed by atoms with Gasteiger partial charge < -0.3 is 4.98 Å². The lowest BCUT2D eigenvalue weighted by Crippen LogP contribution is -2.14. The molecule has 7 heteroatoms. The zero-order chi connectivity index (χ0) is 15.0. The van der Waals surface area contributed by atoms with Crippen LogP contribution in [0.5, 0.6) is 0 Å². The minimum Gasteiger partial charge on any atom is -0.305 e. The maximum Gasteiger partial charge on any atom is 0.265 e. The molecule has 3 aromatic rings. The van der Waals surface area contributed by atoms with Crippen LogP contribution in [0.2, 0.25) is 0 Å². The van der Waals surface area contributed by atoms with E-state index in [2.05, 4.69) is 41.8 Å². The summed E-state index contributed by atoms with van der Waals surface area (Å²) in [7, 11) is 0. The van der Waals surface area contributed by atoms with E-state index in [1.165, 1.54) is 11.3 Å². The fourth-order valence-corrected chi connectivity index (χ4v) is 4.37. The predicted molar refractivity (Wildman–Crippen MR) is 102 cm³/mol. The zero-order valence-electron chi connectivity index (χ0n) is 10.4. The van der Waals surface area contributed by atoms with Crippen molar-refractivity contribution in [3.63, 3.8) is 0 Å². The monoisotopic (exact) mass is 536 g/mol. The fraction of sp³-hybridized carbons (Fsp3) is 0. The number of hydrogen-bond donors (Lipinski definition) is 1. The molecule has 1 aromatic carbocycles. The van der Waals surface area contributed by atoms with E-state index in [-0.39, 0.29) is 5.56 Å². The first-order valence-electron chi connectivity index (χ1n) is 5.86. The summed E-state index contributed by atoms with van der Waals surface area (Å²) in [6.45, 7) is 0. The summed E-state index contributed by atoms with van der Waals surface area (Å²) in [5.41, 5.74) is 1.51. The quantitative estimate of drug-likeness (QED) is 0.451. The van der Waals surface area contributed by atoms with Crippen molar-refractivity contribution in [2.24, 2.45) is 0 Å². The first-order chi connectivity index (χ1) is 10.1. The van der Waals surface area contributed by atoms with E-state index in [9.17, 15) is 4.79 Å². The highest BCUT2D eigenvalue weighted by Crippen LogP contribution is 2.37. The summed E-state index contributed by atoms with van der Waals surface area (Å²) in [6, 6.07) is 11.7. The molecule has 0 unspecified atom stereocenters. The molecule has 0 saturated carbocycles.